The molecular weight excluding hydrogens is 298 g/mol. The van der Waals surface area contributed by atoms with Gasteiger partial charge in [-0.25, -0.2) is 8.42 Å². The van der Waals surface area contributed by atoms with Gasteiger partial charge in [0.1, 0.15) is 5.78 Å². The fourth-order valence-corrected chi connectivity index (χ4v) is 4.31. The van der Waals surface area contributed by atoms with Crippen LogP contribution in [0.2, 0.25) is 0 Å². The van der Waals surface area contributed by atoms with Gasteiger partial charge in [-0.1, -0.05) is 36.8 Å². The van der Waals surface area contributed by atoms with E-state index >= 15 is 0 Å². The van der Waals surface area contributed by atoms with Crippen LogP contribution < -0.4 is 0 Å². The Hall–Kier alpha value is -1.46. The zero-order valence-electron chi connectivity index (χ0n) is 13.4. The lowest BCUT2D eigenvalue weighted by Gasteiger charge is -2.40. The molecule has 4 nitrogen and oxygen atoms in total. The van der Waals surface area contributed by atoms with Crippen LogP contribution in [0.5, 0.6) is 0 Å². The molecule has 0 bridgehead atoms. The van der Waals surface area contributed by atoms with E-state index in [1.54, 1.807) is 24.3 Å². The summed E-state index contributed by atoms with van der Waals surface area (Å²) in [6.07, 6.45) is 4.59. The largest absolute Gasteiger partial charge is 0.300 e. The van der Waals surface area contributed by atoms with Crippen molar-refractivity contribution < 1.29 is 13.2 Å². The van der Waals surface area contributed by atoms with Crippen LogP contribution in [0.25, 0.3) is 0 Å². The fourth-order valence-electron chi connectivity index (χ4n) is 2.77. The van der Waals surface area contributed by atoms with Crippen LogP contribution in [0.15, 0.2) is 41.3 Å². The normalized spacial score (nSPS) is 17.9. The first-order chi connectivity index (χ1) is 10.3. The second kappa shape index (κ2) is 6.34. The highest BCUT2D eigenvalue weighted by molar-refractivity contribution is 7.89. The van der Waals surface area contributed by atoms with Gasteiger partial charge in [-0.2, -0.15) is 4.31 Å². The summed E-state index contributed by atoms with van der Waals surface area (Å²) in [5.41, 5.74) is 0.784. The van der Waals surface area contributed by atoms with E-state index in [1.807, 2.05) is 32.9 Å². The van der Waals surface area contributed by atoms with Gasteiger partial charge in [-0.3, -0.25) is 4.79 Å². The minimum atomic E-state index is -3.55. The third kappa shape index (κ3) is 3.65. The summed E-state index contributed by atoms with van der Waals surface area (Å²) in [5.74, 6) is 0.209. The van der Waals surface area contributed by atoms with Gasteiger partial charge in [-0.05, 0) is 31.4 Å². The zero-order valence-corrected chi connectivity index (χ0v) is 14.2. The molecule has 0 aromatic heterocycles. The quantitative estimate of drug-likeness (QED) is 0.757. The van der Waals surface area contributed by atoms with E-state index in [-0.39, 0.29) is 11.2 Å². The zero-order chi connectivity index (χ0) is 16.4. The number of carbonyl (C=O) groups excluding carboxylic acids is 1. The molecule has 1 saturated carbocycles. The molecule has 22 heavy (non-hydrogen) atoms. The number of nitrogens with zero attached hydrogens (tertiary/aromatic N) is 1. The van der Waals surface area contributed by atoms with Gasteiger partial charge >= 0.3 is 0 Å². The lowest BCUT2D eigenvalue weighted by atomic mass is 9.69. The maximum atomic E-state index is 12.9. The van der Waals surface area contributed by atoms with Gasteiger partial charge in [0.05, 0.1) is 4.90 Å². The van der Waals surface area contributed by atoms with E-state index in [4.69, 9.17) is 0 Å². The Morgan fingerprint density at radius 3 is 2.32 bits per heavy atom. The number of hydrogen-bond acceptors (Lipinski definition) is 3. The Bertz CT molecular complexity index is 666. The Kier molecular flexibility index (Phi) is 4.87. The van der Waals surface area contributed by atoms with E-state index in [2.05, 4.69) is 0 Å². The SMILES string of the molecule is C/C=C\CN(CC1(C)CC(=O)C1)S(=O)(=O)c1ccc(C)cc1. The molecule has 2 rings (SSSR count). The number of aryl methyl sites for hydroxylation is 1. The highest BCUT2D eigenvalue weighted by atomic mass is 32.2. The molecule has 0 unspecified atom stereocenters. The molecule has 0 heterocycles. The number of sulfonamides is 1. The fraction of sp³-hybridized carbons (Fsp3) is 0.471. The summed E-state index contributed by atoms with van der Waals surface area (Å²) in [4.78, 5) is 11.6. The highest BCUT2D eigenvalue weighted by Crippen LogP contribution is 2.39. The molecule has 0 spiro atoms. The van der Waals surface area contributed by atoms with Gasteiger partial charge in [0, 0.05) is 25.9 Å². The first-order valence-corrected chi connectivity index (χ1v) is 8.90. The molecule has 1 aromatic carbocycles. The number of rotatable bonds is 6. The van der Waals surface area contributed by atoms with Gasteiger partial charge < -0.3 is 0 Å². The molecule has 0 atom stereocenters. The lowest BCUT2D eigenvalue weighted by molar-refractivity contribution is -0.132. The number of carbonyl (C=O) groups is 1. The first kappa shape index (κ1) is 16.9. The first-order valence-electron chi connectivity index (χ1n) is 7.46. The number of benzene rings is 1. The third-order valence-electron chi connectivity index (χ3n) is 4.01. The van der Waals surface area contributed by atoms with Crippen molar-refractivity contribution in [2.45, 2.75) is 38.5 Å². The Balaban J connectivity index is 2.27. The minimum absolute atomic E-state index is 0.209. The lowest BCUT2D eigenvalue weighted by Crippen LogP contribution is -2.46. The average Bonchev–Trinajstić information content (AvgIpc) is 2.42. The van der Waals surface area contributed by atoms with Crippen LogP contribution in [0.4, 0.5) is 0 Å². The van der Waals surface area contributed by atoms with Gasteiger partial charge in [0.2, 0.25) is 10.0 Å². The van der Waals surface area contributed by atoms with Crippen molar-refractivity contribution in [3.05, 3.63) is 42.0 Å². The van der Waals surface area contributed by atoms with Crippen molar-refractivity contribution in [1.29, 1.82) is 0 Å². The predicted molar refractivity (Wildman–Crippen MR) is 87.1 cm³/mol. The van der Waals surface area contributed by atoms with Gasteiger partial charge in [-0.15, -0.1) is 0 Å². The Morgan fingerprint density at radius 2 is 1.82 bits per heavy atom. The van der Waals surface area contributed by atoms with Crippen molar-refractivity contribution >= 4 is 15.8 Å². The summed E-state index contributed by atoms with van der Waals surface area (Å²) in [6, 6.07) is 6.88. The van der Waals surface area contributed by atoms with E-state index in [0.717, 1.165) is 5.56 Å². The second-order valence-corrected chi connectivity index (χ2v) is 8.32. The van der Waals surface area contributed by atoms with Crippen LogP contribution >= 0.6 is 0 Å². The number of ketones is 1. The standard InChI is InChI=1S/C17H23NO3S/c1-4-5-10-18(13-17(3)11-15(19)12-17)22(20,21)16-8-6-14(2)7-9-16/h4-9H,10-13H2,1-3H3/b5-4-. The van der Waals surface area contributed by atoms with Crippen LogP contribution in [0, 0.1) is 12.3 Å². The van der Waals surface area contributed by atoms with E-state index in [9.17, 15) is 13.2 Å². The van der Waals surface area contributed by atoms with Gasteiger partial charge in [0.15, 0.2) is 0 Å². The van der Waals surface area contributed by atoms with Crippen molar-refractivity contribution in [2.24, 2.45) is 5.41 Å². The maximum absolute atomic E-state index is 12.9. The molecule has 1 aromatic rings. The minimum Gasteiger partial charge on any atom is -0.300 e. The molecule has 0 aliphatic heterocycles. The summed E-state index contributed by atoms with van der Waals surface area (Å²) in [7, 11) is -3.55. The molecule has 0 saturated heterocycles. The topological polar surface area (TPSA) is 54.5 Å². The summed E-state index contributed by atoms with van der Waals surface area (Å²) in [6.45, 7) is 6.47. The van der Waals surface area contributed by atoms with Crippen LogP contribution in [-0.4, -0.2) is 31.6 Å². The molecule has 0 amide bonds. The average molecular weight is 321 g/mol. The Morgan fingerprint density at radius 1 is 1.23 bits per heavy atom. The van der Waals surface area contributed by atoms with Crippen LogP contribution in [0.1, 0.15) is 32.3 Å². The number of Topliss-reactive ketones (excluding diaryl/α,β-unsaturated/α-hetero) is 1. The molecule has 120 valence electrons. The third-order valence-corrected chi connectivity index (χ3v) is 5.84. The molecule has 0 radical (unpaired) electrons. The smallest absolute Gasteiger partial charge is 0.243 e. The number of allylic oxidation sites excluding steroid dienone is 1. The summed E-state index contributed by atoms with van der Waals surface area (Å²) < 4.78 is 27.2. The second-order valence-electron chi connectivity index (χ2n) is 6.38. The number of hydrogen-bond donors (Lipinski definition) is 0. The summed E-state index contributed by atoms with van der Waals surface area (Å²) in [5, 5.41) is 0. The van der Waals surface area contributed by atoms with Crippen molar-refractivity contribution in [1.82, 2.24) is 4.31 Å². The molecule has 1 fully saturated rings. The van der Waals surface area contributed by atoms with Crippen LogP contribution in [-0.2, 0) is 14.8 Å². The molecular formula is C17H23NO3S. The van der Waals surface area contributed by atoms with Crippen LogP contribution in [0.3, 0.4) is 0 Å². The maximum Gasteiger partial charge on any atom is 0.243 e. The van der Waals surface area contributed by atoms with E-state index in [0.29, 0.717) is 30.8 Å². The monoisotopic (exact) mass is 321 g/mol. The highest BCUT2D eigenvalue weighted by Gasteiger charge is 2.42. The summed E-state index contributed by atoms with van der Waals surface area (Å²) >= 11 is 0. The molecule has 1 aliphatic carbocycles. The van der Waals surface area contributed by atoms with Crippen molar-refractivity contribution in [3.8, 4) is 0 Å². The van der Waals surface area contributed by atoms with Gasteiger partial charge in [0.25, 0.3) is 0 Å². The molecule has 5 heteroatoms. The van der Waals surface area contributed by atoms with E-state index < -0.39 is 10.0 Å². The molecule has 0 N–H and O–H groups in total. The Labute approximate surface area is 132 Å². The predicted octanol–water partition coefficient (Wildman–Crippen LogP) is 2.93. The molecule has 1 aliphatic rings. The van der Waals surface area contributed by atoms with E-state index in [1.165, 1.54) is 4.31 Å². The van der Waals surface area contributed by atoms with Crippen molar-refractivity contribution in [2.75, 3.05) is 13.1 Å². The van der Waals surface area contributed by atoms with Crippen molar-refractivity contribution in [3.63, 3.8) is 0 Å².